The van der Waals surface area contributed by atoms with Gasteiger partial charge in [-0.15, -0.1) is 17.9 Å². The lowest BCUT2D eigenvalue weighted by Gasteiger charge is -2.10. The highest BCUT2D eigenvalue weighted by Crippen LogP contribution is 2.17. The van der Waals surface area contributed by atoms with Gasteiger partial charge in [0.05, 0.1) is 5.69 Å². The summed E-state index contributed by atoms with van der Waals surface area (Å²) in [6, 6.07) is -0.640. The van der Waals surface area contributed by atoms with E-state index >= 15 is 0 Å². The first kappa shape index (κ1) is 11.7. The first-order chi connectivity index (χ1) is 7.17. The van der Waals surface area contributed by atoms with Gasteiger partial charge in [0.25, 0.3) is 0 Å². The molecule has 0 amide bonds. The molecule has 0 saturated carbocycles. The molecule has 4 nitrogen and oxygen atoms in total. The molecule has 0 radical (unpaired) electrons. The molecule has 0 aliphatic heterocycles. The maximum atomic E-state index is 10.8. The number of hydrogen-bond donors (Lipinski definition) is 2. The van der Waals surface area contributed by atoms with Gasteiger partial charge < -0.3 is 10.4 Å². The summed E-state index contributed by atoms with van der Waals surface area (Å²) in [5.41, 5.74) is 0.977. The van der Waals surface area contributed by atoms with Crippen molar-refractivity contribution in [1.82, 2.24) is 4.98 Å². The van der Waals surface area contributed by atoms with Crippen LogP contribution in [0.2, 0.25) is 0 Å². The Morgan fingerprint density at radius 2 is 2.60 bits per heavy atom. The monoisotopic (exact) mass is 226 g/mol. The molecule has 1 atom stereocenters. The van der Waals surface area contributed by atoms with Crippen molar-refractivity contribution in [2.75, 3.05) is 5.32 Å². The van der Waals surface area contributed by atoms with Gasteiger partial charge in [0.2, 0.25) is 0 Å². The quantitative estimate of drug-likeness (QED) is 0.729. The van der Waals surface area contributed by atoms with Gasteiger partial charge in [0.1, 0.15) is 6.04 Å². The summed E-state index contributed by atoms with van der Waals surface area (Å²) < 4.78 is 0. The molecular weight excluding hydrogens is 212 g/mol. The Balaban J connectivity index is 2.64. The van der Waals surface area contributed by atoms with Crippen LogP contribution in [0.15, 0.2) is 18.0 Å². The number of carboxylic acids is 1. The highest BCUT2D eigenvalue weighted by atomic mass is 32.1. The second kappa shape index (κ2) is 5.50. The molecule has 15 heavy (non-hydrogen) atoms. The van der Waals surface area contributed by atoms with Crippen LogP contribution in [0.25, 0.3) is 0 Å². The van der Waals surface area contributed by atoms with Crippen LogP contribution in [-0.2, 0) is 11.2 Å². The van der Waals surface area contributed by atoms with Crippen LogP contribution >= 0.6 is 11.3 Å². The van der Waals surface area contributed by atoms with Gasteiger partial charge in [0, 0.05) is 5.38 Å². The van der Waals surface area contributed by atoms with E-state index < -0.39 is 12.0 Å². The predicted octanol–water partition coefficient (Wildman–Crippen LogP) is 2.15. The Kier molecular flexibility index (Phi) is 4.30. The summed E-state index contributed by atoms with van der Waals surface area (Å²) in [7, 11) is 0. The Hall–Kier alpha value is -1.36. The van der Waals surface area contributed by atoms with E-state index in [1.165, 1.54) is 11.3 Å². The number of anilines is 1. The van der Waals surface area contributed by atoms with Crippen molar-refractivity contribution in [2.24, 2.45) is 0 Å². The molecule has 0 aliphatic carbocycles. The number of rotatable bonds is 6. The average molecular weight is 226 g/mol. The second-order valence-electron chi connectivity index (χ2n) is 3.06. The van der Waals surface area contributed by atoms with Gasteiger partial charge >= 0.3 is 5.97 Å². The number of nitrogens with one attached hydrogen (secondary N) is 1. The highest BCUT2D eigenvalue weighted by molar-refractivity contribution is 7.13. The molecule has 1 heterocycles. The van der Waals surface area contributed by atoms with Crippen LogP contribution < -0.4 is 5.32 Å². The van der Waals surface area contributed by atoms with E-state index in [0.717, 1.165) is 12.1 Å². The average Bonchev–Trinajstić information content (AvgIpc) is 2.65. The van der Waals surface area contributed by atoms with Gasteiger partial charge in [-0.25, -0.2) is 9.78 Å². The van der Waals surface area contributed by atoms with E-state index in [1.807, 2.05) is 12.3 Å². The van der Waals surface area contributed by atoms with Crippen LogP contribution in [0.1, 0.15) is 19.0 Å². The van der Waals surface area contributed by atoms with E-state index in [2.05, 4.69) is 16.9 Å². The van der Waals surface area contributed by atoms with E-state index in [-0.39, 0.29) is 0 Å². The number of nitrogens with zero attached hydrogens (tertiary/aromatic N) is 1. The Morgan fingerprint density at radius 1 is 1.87 bits per heavy atom. The molecule has 0 spiro atoms. The Bertz CT molecular complexity index is 349. The lowest BCUT2D eigenvalue weighted by atomic mass is 10.2. The second-order valence-corrected chi connectivity index (χ2v) is 3.92. The summed E-state index contributed by atoms with van der Waals surface area (Å²) in [4.78, 5) is 15.1. The topological polar surface area (TPSA) is 62.2 Å². The first-order valence-corrected chi connectivity index (χ1v) is 5.60. The molecule has 1 aromatic heterocycles. The molecule has 5 heteroatoms. The zero-order valence-corrected chi connectivity index (χ0v) is 9.38. The van der Waals surface area contributed by atoms with E-state index in [1.54, 1.807) is 6.08 Å². The molecule has 1 aromatic rings. The van der Waals surface area contributed by atoms with E-state index in [0.29, 0.717) is 11.6 Å². The van der Waals surface area contributed by atoms with Crippen molar-refractivity contribution in [3.63, 3.8) is 0 Å². The first-order valence-electron chi connectivity index (χ1n) is 4.72. The SMILES string of the molecule is C=CCC(Nc1nc(CC)cs1)C(=O)O. The van der Waals surface area contributed by atoms with Gasteiger partial charge in [-0.1, -0.05) is 13.0 Å². The summed E-state index contributed by atoms with van der Waals surface area (Å²) in [5, 5.41) is 14.3. The molecule has 82 valence electrons. The van der Waals surface area contributed by atoms with Crippen LogP contribution in [0.4, 0.5) is 5.13 Å². The van der Waals surface area contributed by atoms with Crippen molar-refractivity contribution in [1.29, 1.82) is 0 Å². The molecule has 0 saturated heterocycles. The van der Waals surface area contributed by atoms with Gasteiger partial charge in [0.15, 0.2) is 5.13 Å². The number of carbonyl (C=O) groups is 1. The largest absolute Gasteiger partial charge is 0.480 e. The smallest absolute Gasteiger partial charge is 0.326 e. The number of aromatic nitrogens is 1. The molecule has 0 aromatic carbocycles. The van der Waals surface area contributed by atoms with Crippen molar-refractivity contribution < 1.29 is 9.90 Å². The minimum atomic E-state index is -0.886. The summed E-state index contributed by atoms with van der Waals surface area (Å²) in [6.07, 6.45) is 2.83. The van der Waals surface area contributed by atoms with Gasteiger partial charge in [-0.3, -0.25) is 0 Å². The molecular formula is C10H14N2O2S. The van der Waals surface area contributed by atoms with Gasteiger partial charge in [-0.2, -0.15) is 0 Å². The normalized spacial score (nSPS) is 12.1. The van der Waals surface area contributed by atoms with E-state index in [4.69, 9.17) is 5.11 Å². The fourth-order valence-corrected chi connectivity index (χ4v) is 1.92. The van der Waals surface area contributed by atoms with Crippen LogP contribution in [0.3, 0.4) is 0 Å². The van der Waals surface area contributed by atoms with Crippen molar-refractivity contribution in [2.45, 2.75) is 25.8 Å². The van der Waals surface area contributed by atoms with Crippen molar-refractivity contribution in [3.05, 3.63) is 23.7 Å². The molecule has 0 fully saturated rings. The highest BCUT2D eigenvalue weighted by Gasteiger charge is 2.16. The number of hydrogen-bond acceptors (Lipinski definition) is 4. The third-order valence-electron chi connectivity index (χ3n) is 1.91. The third-order valence-corrected chi connectivity index (χ3v) is 2.73. The Labute approximate surface area is 92.7 Å². The molecule has 0 bridgehead atoms. The van der Waals surface area contributed by atoms with Crippen LogP contribution in [0.5, 0.6) is 0 Å². The zero-order valence-electron chi connectivity index (χ0n) is 8.56. The third kappa shape index (κ3) is 3.36. The van der Waals surface area contributed by atoms with Crippen LogP contribution in [-0.4, -0.2) is 22.1 Å². The minimum Gasteiger partial charge on any atom is -0.480 e. The number of aliphatic carboxylic acids is 1. The van der Waals surface area contributed by atoms with Crippen molar-refractivity contribution in [3.8, 4) is 0 Å². The summed E-state index contributed by atoms with van der Waals surface area (Å²) in [6.45, 7) is 5.54. The van der Waals surface area contributed by atoms with Crippen molar-refractivity contribution >= 4 is 22.4 Å². The van der Waals surface area contributed by atoms with Gasteiger partial charge in [-0.05, 0) is 12.8 Å². The summed E-state index contributed by atoms with van der Waals surface area (Å²) in [5.74, 6) is -0.886. The lowest BCUT2D eigenvalue weighted by Crippen LogP contribution is -2.28. The molecule has 1 unspecified atom stereocenters. The Morgan fingerprint density at radius 3 is 3.07 bits per heavy atom. The maximum absolute atomic E-state index is 10.8. The minimum absolute atomic E-state index is 0.385. The van der Waals surface area contributed by atoms with E-state index in [9.17, 15) is 4.79 Å². The fourth-order valence-electron chi connectivity index (χ4n) is 1.07. The fraction of sp³-hybridized carbons (Fsp3) is 0.400. The predicted molar refractivity (Wildman–Crippen MR) is 61.4 cm³/mol. The number of carboxylic acid groups (broad SMARTS) is 1. The number of aryl methyl sites for hydroxylation is 1. The summed E-state index contributed by atoms with van der Waals surface area (Å²) >= 11 is 1.43. The molecule has 2 N–H and O–H groups in total. The standard InChI is InChI=1S/C10H14N2O2S/c1-3-5-8(9(13)14)12-10-11-7(4-2)6-15-10/h3,6,8H,1,4-5H2,2H3,(H,11,12)(H,13,14). The maximum Gasteiger partial charge on any atom is 0.326 e. The molecule has 1 rings (SSSR count). The zero-order chi connectivity index (χ0) is 11.3. The molecule has 0 aliphatic rings. The lowest BCUT2D eigenvalue weighted by molar-refractivity contribution is -0.137. The number of thiazole rings is 1. The van der Waals surface area contributed by atoms with Crippen LogP contribution in [0, 0.1) is 0 Å².